The van der Waals surface area contributed by atoms with E-state index in [4.69, 9.17) is 0 Å². The number of carbonyl (C=O) groups excluding carboxylic acids is 1. The van der Waals surface area contributed by atoms with Crippen molar-refractivity contribution in [3.05, 3.63) is 102 Å². The first-order valence-corrected chi connectivity index (χ1v) is 12.3. The lowest BCUT2D eigenvalue weighted by Gasteiger charge is -2.07. The van der Waals surface area contributed by atoms with Crippen molar-refractivity contribution in [1.82, 2.24) is 5.32 Å². The molecule has 0 bridgehead atoms. The molecule has 1 N–H and O–H groups in total. The second-order valence-electron chi connectivity index (χ2n) is 7.90. The van der Waals surface area contributed by atoms with Crippen molar-refractivity contribution >= 4 is 17.7 Å². The van der Waals surface area contributed by atoms with Gasteiger partial charge in [0.2, 0.25) is 5.91 Å². The van der Waals surface area contributed by atoms with E-state index >= 15 is 0 Å². The van der Waals surface area contributed by atoms with E-state index in [2.05, 4.69) is 90.2 Å². The molecule has 3 aromatic rings. The third kappa shape index (κ3) is 9.44. The maximum absolute atomic E-state index is 12.0. The molecule has 1 amide bonds. The van der Waals surface area contributed by atoms with Gasteiger partial charge in [0, 0.05) is 23.6 Å². The molecule has 0 spiro atoms. The summed E-state index contributed by atoms with van der Waals surface area (Å²) in [7, 11) is 0. The van der Waals surface area contributed by atoms with Crippen LogP contribution in [0.4, 0.5) is 0 Å². The van der Waals surface area contributed by atoms with Crippen LogP contribution in [0.5, 0.6) is 0 Å². The third-order valence-corrected chi connectivity index (χ3v) is 6.34. The number of amides is 1. The molecule has 0 fully saturated rings. The number of benzene rings is 3. The molecular weight excluding hydrogens is 398 g/mol. The van der Waals surface area contributed by atoms with E-state index in [1.165, 1.54) is 34.4 Å². The fraction of sp³-hybridized carbons (Fsp3) is 0.321. The molecule has 0 atom stereocenters. The summed E-state index contributed by atoms with van der Waals surface area (Å²) in [5, 5.41) is 3.05. The Balaban J connectivity index is 1.20. The average Bonchev–Trinajstić information content (AvgIpc) is 2.81. The number of hydrogen-bond acceptors (Lipinski definition) is 2. The maximum Gasteiger partial charge on any atom is 0.220 e. The fourth-order valence-electron chi connectivity index (χ4n) is 3.60. The summed E-state index contributed by atoms with van der Waals surface area (Å²) in [5.74, 6) is 1.09. The first-order chi connectivity index (χ1) is 15.3. The number of aryl methyl sites for hydroxylation is 1. The van der Waals surface area contributed by atoms with Crippen molar-refractivity contribution < 1.29 is 4.79 Å². The van der Waals surface area contributed by atoms with Gasteiger partial charge in [-0.3, -0.25) is 4.79 Å². The van der Waals surface area contributed by atoms with Crippen LogP contribution in [0.1, 0.15) is 48.8 Å². The van der Waals surface area contributed by atoms with E-state index in [0.717, 1.165) is 38.0 Å². The van der Waals surface area contributed by atoms with Gasteiger partial charge in [-0.15, -0.1) is 11.8 Å². The molecule has 0 aliphatic carbocycles. The summed E-state index contributed by atoms with van der Waals surface area (Å²) in [4.78, 5) is 13.3. The Morgan fingerprint density at radius 1 is 0.677 bits per heavy atom. The summed E-state index contributed by atoms with van der Waals surface area (Å²) in [6, 6.07) is 29.9. The fourth-order valence-corrected chi connectivity index (χ4v) is 4.36. The molecule has 3 aromatic carbocycles. The first-order valence-electron chi connectivity index (χ1n) is 11.4. The summed E-state index contributed by atoms with van der Waals surface area (Å²) >= 11 is 1.80. The molecule has 0 aliphatic heterocycles. The molecule has 31 heavy (non-hydrogen) atoms. The molecule has 0 aliphatic rings. The van der Waals surface area contributed by atoms with Crippen molar-refractivity contribution in [1.29, 1.82) is 0 Å². The van der Waals surface area contributed by atoms with Crippen molar-refractivity contribution in [2.45, 2.75) is 49.8 Å². The molecule has 0 saturated carbocycles. The van der Waals surface area contributed by atoms with Crippen molar-refractivity contribution in [3.8, 4) is 0 Å². The Hall–Kier alpha value is -2.52. The van der Waals surface area contributed by atoms with Gasteiger partial charge in [-0.25, -0.2) is 0 Å². The molecule has 0 radical (unpaired) electrons. The van der Waals surface area contributed by atoms with Crippen LogP contribution in [-0.2, 0) is 17.6 Å². The van der Waals surface area contributed by atoms with E-state index < -0.39 is 0 Å². The monoisotopic (exact) mass is 431 g/mol. The summed E-state index contributed by atoms with van der Waals surface area (Å²) in [6.07, 6.45) is 7.25. The van der Waals surface area contributed by atoms with E-state index in [9.17, 15) is 4.79 Å². The highest BCUT2D eigenvalue weighted by atomic mass is 32.2. The van der Waals surface area contributed by atoms with Crippen molar-refractivity contribution in [3.63, 3.8) is 0 Å². The smallest absolute Gasteiger partial charge is 0.220 e. The van der Waals surface area contributed by atoms with Gasteiger partial charge in [-0.05, 0) is 54.5 Å². The normalized spacial score (nSPS) is 10.7. The van der Waals surface area contributed by atoms with Gasteiger partial charge >= 0.3 is 0 Å². The second kappa shape index (κ2) is 13.7. The van der Waals surface area contributed by atoms with E-state index in [-0.39, 0.29) is 5.91 Å². The number of hydrogen-bond donors (Lipinski definition) is 1. The zero-order valence-corrected chi connectivity index (χ0v) is 19.1. The van der Waals surface area contributed by atoms with Gasteiger partial charge in [0.15, 0.2) is 0 Å². The lowest BCUT2D eigenvalue weighted by molar-refractivity contribution is -0.121. The predicted octanol–water partition coefficient (Wildman–Crippen LogP) is 6.68. The minimum Gasteiger partial charge on any atom is -0.355 e. The van der Waals surface area contributed by atoms with Gasteiger partial charge in [0.05, 0.1) is 0 Å². The zero-order valence-electron chi connectivity index (χ0n) is 18.3. The van der Waals surface area contributed by atoms with Crippen molar-refractivity contribution in [2.24, 2.45) is 0 Å². The van der Waals surface area contributed by atoms with Crippen LogP contribution in [0.15, 0.2) is 89.8 Å². The molecular formula is C28H33NOS. The largest absolute Gasteiger partial charge is 0.355 e. The molecule has 0 unspecified atom stereocenters. The first kappa shape index (κ1) is 23.1. The molecule has 0 heterocycles. The van der Waals surface area contributed by atoms with Crippen LogP contribution in [0, 0.1) is 0 Å². The maximum atomic E-state index is 12.0. The van der Waals surface area contributed by atoms with Crippen LogP contribution < -0.4 is 5.32 Å². The third-order valence-electron chi connectivity index (χ3n) is 5.33. The second-order valence-corrected chi connectivity index (χ2v) is 9.07. The van der Waals surface area contributed by atoms with E-state index in [1.807, 2.05) is 0 Å². The molecule has 162 valence electrons. The number of rotatable bonds is 13. The van der Waals surface area contributed by atoms with Gasteiger partial charge in [0.25, 0.3) is 0 Å². The average molecular weight is 432 g/mol. The SMILES string of the molecule is O=C(CCCCCCc1ccccc1)NCCSc1ccc(Cc2ccccc2)cc1. The van der Waals surface area contributed by atoms with Crippen LogP contribution in [0.25, 0.3) is 0 Å². The highest BCUT2D eigenvalue weighted by molar-refractivity contribution is 7.99. The standard InChI is InChI=1S/C28H33NOS/c30-28(16-10-2-1-5-11-24-12-6-3-7-13-24)29-21-22-31-27-19-17-26(18-20-27)23-25-14-8-4-9-15-25/h3-4,6-9,12-15,17-20H,1-2,5,10-11,16,21-23H2,(H,29,30). The number of thioether (sulfide) groups is 1. The quantitative estimate of drug-likeness (QED) is 0.242. The van der Waals surface area contributed by atoms with Crippen LogP contribution >= 0.6 is 11.8 Å². The Kier molecular flexibility index (Phi) is 10.2. The predicted molar refractivity (Wildman–Crippen MR) is 133 cm³/mol. The highest BCUT2D eigenvalue weighted by Crippen LogP contribution is 2.19. The molecule has 3 rings (SSSR count). The minimum absolute atomic E-state index is 0.182. The summed E-state index contributed by atoms with van der Waals surface area (Å²) < 4.78 is 0. The van der Waals surface area contributed by atoms with Gasteiger partial charge in [-0.1, -0.05) is 85.6 Å². The number of carbonyl (C=O) groups is 1. The lowest BCUT2D eigenvalue weighted by atomic mass is 10.1. The van der Waals surface area contributed by atoms with Crippen molar-refractivity contribution in [2.75, 3.05) is 12.3 Å². The number of nitrogens with one attached hydrogen (secondary N) is 1. The van der Waals surface area contributed by atoms with Gasteiger partial charge < -0.3 is 5.32 Å². The molecule has 0 saturated heterocycles. The Morgan fingerprint density at radius 3 is 2.00 bits per heavy atom. The summed E-state index contributed by atoms with van der Waals surface area (Å²) in [6.45, 7) is 0.725. The lowest BCUT2D eigenvalue weighted by Crippen LogP contribution is -2.25. The topological polar surface area (TPSA) is 29.1 Å². The highest BCUT2D eigenvalue weighted by Gasteiger charge is 2.02. The van der Waals surface area contributed by atoms with Crippen LogP contribution in [-0.4, -0.2) is 18.2 Å². The zero-order chi connectivity index (χ0) is 21.6. The van der Waals surface area contributed by atoms with Crippen LogP contribution in [0.3, 0.4) is 0 Å². The Morgan fingerprint density at radius 2 is 1.29 bits per heavy atom. The molecule has 2 nitrogen and oxygen atoms in total. The minimum atomic E-state index is 0.182. The Labute approximate surface area is 191 Å². The van der Waals surface area contributed by atoms with E-state index in [0.29, 0.717) is 6.42 Å². The number of unbranched alkanes of at least 4 members (excludes halogenated alkanes) is 3. The van der Waals surface area contributed by atoms with Gasteiger partial charge in [0.1, 0.15) is 0 Å². The van der Waals surface area contributed by atoms with E-state index in [1.54, 1.807) is 11.8 Å². The van der Waals surface area contributed by atoms with Gasteiger partial charge in [-0.2, -0.15) is 0 Å². The Bertz CT molecular complexity index is 878. The molecule has 3 heteroatoms. The molecule has 0 aromatic heterocycles. The van der Waals surface area contributed by atoms with Crippen LogP contribution in [0.2, 0.25) is 0 Å². The summed E-state index contributed by atoms with van der Waals surface area (Å²) in [5.41, 5.74) is 4.07.